The van der Waals surface area contributed by atoms with Gasteiger partial charge in [-0.3, -0.25) is 4.79 Å². The summed E-state index contributed by atoms with van der Waals surface area (Å²) < 4.78 is 11.6. The molecule has 0 aromatic rings. The minimum atomic E-state index is -0.893. The number of rotatable bonds is 16. The molecule has 0 aromatic heterocycles. The van der Waals surface area contributed by atoms with Gasteiger partial charge >= 0.3 is 0 Å². The van der Waals surface area contributed by atoms with Crippen molar-refractivity contribution in [1.29, 1.82) is 0 Å². The van der Waals surface area contributed by atoms with Gasteiger partial charge in [-0.2, -0.15) is 0 Å². The maximum atomic E-state index is 14.4. The first-order chi connectivity index (χ1) is 21.5. The molecule has 0 spiro atoms. The van der Waals surface area contributed by atoms with Gasteiger partial charge in [0, 0.05) is 26.1 Å². The molecule has 9 heteroatoms. The highest BCUT2D eigenvalue weighted by molar-refractivity contribution is 5.82. The molecule has 45 heavy (non-hydrogen) atoms. The zero-order valence-electron chi connectivity index (χ0n) is 28.5. The van der Waals surface area contributed by atoms with E-state index in [1.807, 2.05) is 0 Å². The molecule has 1 aliphatic heterocycles. The van der Waals surface area contributed by atoms with Gasteiger partial charge in [-0.05, 0) is 126 Å². The Balaban J connectivity index is 1.44. The van der Waals surface area contributed by atoms with Gasteiger partial charge in [-0.1, -0.05) is 26.7 Å². The highest BCUT2D eigenvalue weighted by Gasteiger charge is 2.53. The third kappa shape index (κ3) is 9.94. The van der Waals surface area contributed by atoms with Crippen LogP contribution in [0.2, 0.25) is 0 Å². The van der Waals surface area contributed by atoms with E-state index in [1.54, 1.807) is 7.11 Å². The number of hydrogen-bond donors (Lipinski definition) is 6. The van der Waals surface area contributed by atoms with E-state index in [0.717, 1.165) is 77.2 Å². The number of carbonyl (C=O) groups excluding carboxylic acids is 1. The lowest BCUT2D eigenvalue weighted by Crippen LogP contribution is -2.53. The summed E-state index contributed by atoms with van der Waals surface area (Å²) in [6, 6.07) is 0. The fourth-order valence-corrected chi connectivity index (χ4v) is 9.61. The Bertz CT molecular complexity index is 883. The molecule has 4 fully saturated rings. The second-order valence-corrected chi connectivity index (χ2v) is 15.7. The molecule has 1 saturated heterocycles. The van der Waals surface area contributed by atoms with E-state index in [1.165, 1.54) is 0 Å². The van der Waals surface area contributed by atoms with Gasteiger partial charge in [-0.25, -0.2) is 0 Å². The molecule has 0 bridgehead atoms. The lowest BCUT2D eigenvalue weighted by atomic mass is 9.58. The zero-order chi connectivity index (χ0) is 32.6. The van der Waals surface area contributed by atoms with Gasteiger partial charge in [0.2, 0.25) is 0 Å². The molecule has 0 aromatic carbocycles. The maximum Gasteiger partial charge on any atom is 0.139 e. The highest BCUT2D eigenvalue weighted by atomic mass is 16.5. The van der Waals surface area contributed by atoms with Crippen LogP contribution in [0.1, 0.15) is 123 Å². The first kappa shape index (κ1) is 37.2. The van der Waals surface area contributed by atoms with E-state index in [4.69, 9.17) is 15.2 Å². The number of aliphatic hydroxyl groups excluding tert-OH is 4. The van der Waals surface area contributed by atoms with Crippen LogP contribution in [0, 0.1) is 35.0 Å². The summed E-state index contributed by atoms with van der Waals surface area (Å²) >= 11 is 0. The van der Waals surface area contributed by atoms with Crippen LogP contribution in [0.3, 0.4) is 0 Å². The first-order valence-electron chi connectivity index (χ1n) is 18.4. The first-order valence-corrected chi connectivity index (χ1v) is 18.4. The number of ether oxygens (including phenoxy) is 2. The van der Waals surface area contributed by atoms with Crippen LogP contribution in [-0.4, -0.2) is 89.3 Å². The second kappa shape index (κ2) is 17.7. The van der Waals surface area contributed by atoms with E-state index in [-0.39, 0.29) is 29.4 Å². The number of Topliss-reactive ketones (excluding diaryl/α,β-unsaturated/α-hetero) is 1. The maximum absolute atomic E-state index is 14.4. The van der Waals surface area contributed by atoms with Crippen molar-refractivity contribution >= 4 is 5.78 Å². The summed E-state index contributed by atoms with van der Waals surface area (Å²) in [6.45, 7) is 5.78. The Morgan fingerprint density at radius 1 is 0.933 bits per heavy atom. The molecule has 11 atom stereocenters. The topological polar surface area (TPSA) is 154 Å². The third-order valence-corrected chi connectivity index (χ3v) is 12.1. The Hall–Kier alpha value is -0.650. The van der Waals surface area contributed by atoms with Crippen molar-refractivity contribution in [3.05, 3.63) is 0 Å². The van der Waals surface area contributed by atoms with Crippen LogP contribution in [-0.2, 0) is 14.3 Å². The Kier molecular flexibility index (Phi) is 14.6. The Morgan fingerprint density at radius 2 is 1.67 bits per heavy atom. The molecule has 3 saturated carbocycles. The smallest absolute Gasteiger partial charge is 0.139 e. The lowest BCUT2D eigenvalue weighted by Gasteiger charge is -2.48. The summed E-state index contributed by atoms with van der Waals surface area (Å²) in [5.74, 6) is 1.08. The van der Waals surface area contributed by atoms with Gasteiger partial charge < -0.3 is 41.0 Å². The molecule has 1 heterocycles. The fourth-order valence-electron chi connectivity index (χ4n) is 9.61. The van der Waals surface area contributed by atoms with Gasteiger partial charge in [-0.15, -0.1) is 0 Å². The minimum Gasteiger partial charge on any atom is -0.392 e. The predicted molar refractivity (Wildman–Crippen MR) is 175 cm³/mol. The number of nitrogens with one attached hydrogen (secondary N) is 1. The molecule has 0 amide bonds. The second-order valence-electron chi connectivity index (χ2n) is 15.7. The number of ketones is 1. The number of hydrogen-bond acceptors (Lipinski definition) is 9. The van der Waals surface area contributed by atoms with Gasteiger partial charge in [0.1, 0.15) is 11.9 Å². The van der Waals surface area contributed by atoms with Crippen LogP contribution in [0.4, 0.5) is 0 Å². The molecule has 11 unspecified atom stereocenters. The van der Waals surface area contributed by atoms with Crippen LogP contribution < -0.4 is 11.1 Å². The van der Waals surface area contributed by atoms with E-state index in [9.17, 15) is 25.2 Å². The summed E-state index contributed by atoms with van der Waals surface area (Å²) in [7, 11) is 1.65. The van der Waals surface area contributed by atoms with E-state index in [0.29, 0.717) is 62.9 Å². The Labute approximate surface area is 272 Å². The predicted octanol–water partition coefficient (Wildman–Crippen LogP) is 4.07. The van der Waals surface area contributed by atoms with Crippen molar-refractivity contribution in [2.45, 2.75) is 166 Å². The number of carbonyl (C=O) groups is 1. The van der Waals surface area contributed by atoms with Gasteiger partial charge in [0.15, 0.2) is 0 Å². The van der Waals surface area contributed by atoms with Crippen molar-refractivity contribution in [1.82, 2.24) is 5.32 Å². The molecule has 4 rings (SSSR count). The van der Waals surface area contributed by atoms with E-state index < -0.39 is 36.4 Å². The molecule has 4 aliphatic rings. The monoisotopic (exact) mass is 638 g/mol. The lowest BCUT2D eigenvalue weighted by molar-refractivity contribution is -0.140. The van der Waals surface area contributed by atoms with Gasteiger partial charge in [0.25, 0.3) is 0 Å². The number of nitrogens with two attached hydrogens (primary N) is 1. The van der Waals surface area contributed by atoms with Crippen molar-refractivity contribution in [2.75, 3.05) is 20.3 Å². The molecule has 3 aliphatic carbocycles. The van der Waals surface area contributed by atoms with Crippen molar-refractivity contribution < 1.29 is 34.7 Å². The van der Waals surface area contributed by atoms with E-state index in [2.05, 4.69) is 19.2 Å². The molecular formula is C36H66N2O7. The summed E-state index contributed by atoms with van der Waals surface area (Å²) in [5.41, 5.74) is 6.16. The third-order valence-electron chi connectivity index (χ3n) is 12.1. The van der Waals surface area contributed by atoms with Crippen molar-refractivity contribution in [2.24, 2.45) is 40.7 Å². The average molecular weight is 639 g/mol. The molecular weight excluding hydrogens is 572 g/mol. The number of methoxy groups -OCH3 is 1. The average Bonchev–Trinajstić information content (AvgIpc) is 3.50. The largest absolute Gasteiger partial charge is 0.392 e. The minimum absolute atomic E-state index is 0.0820. The highest BCUT2D eigenvalue weighted by Crippen LogP contribution is 2.55. The van der Waals surface area contributed by atoms with E-state index >= 15 is 0 Å². The van der Waals surface area contributed by atoms with Crippen molar-refractivity contribution in [3.63, 3.8) is 0 Å². The van der Waals surface area contributed by atoms with Crippen LogP contribution in [0.5, 0.6) is 0 Å². The normalized spacial score (nSPS) is 37.0. The summed E-state index contributed by atoms with van der Waals surface area (Å²) in [6.07, 6.45) is 10.2. The Morgan fingerprint density at radius 3 is 2.36 bits per heavy atom. The molecule has 7 N–H and O–H groups in total. The number of aliphatic hydroxyl groups is 4. The number of piperidine rings is 1. The molecule has 262 valence electrons. The van der Waals surface area contributed by atoms with Crippen LogP contribution in [0.25, 0.3) is 0 Å². The molecule has 0 radical (unpaired) electrons. The standard InChI is InChI=1S/C36H66N2O7/c1-23(2)7-6-18-45-32-21-25(19-30(42)35(32)43)10-13-29(41)34(28(40)12-9-24-8-11-27(39)31(20-24)44-3)36(15-4-5-16-36)26-14-17-38-33(37)22-26/h23-28,30-35,38-40,42-43H,4-22,37H2,1-3H3. The van der Waals surface area contributed by atoms with Crippen molar-refractivity contribution in [3.8, 4) is 0 Å². The summed E-state index contributed by atoms with van der Waals surface area (Å²) in [5, 5.41) is 47.0. The summed E-state index contributed by atoms with van der Waals surface area (Å²) in [4.78, 5) is 14.4. The molecule has 9 nitrogen and oxygen atoms in total. The van der Waals surface area contributed by atoms with Gasteiger partial charge in [0.05, 0.1) is 36.7 Å². The van der Waals surface area contributed by atoms with Crippen LogP contribution in [0.15, 0.2) is 0 Å². The zero-order valence-corrected chi connectivity index (χ0v) is 28.5. The van der Waals surface area contributed by atoms with Crippen LogP contribution >= 0.6 is 0 Å². The SMILES string of the molecule is COC1CC(CCC(O)C(C(=O)CCC2CC(O)C(O)C(OCCCC(C)C)C2)C2(C3CCNC(N)C3)CCCC2)CCC1O. The fraction of sp³-hybridized carbons (Fsp3) is 0.972. The quantitative estimate of drug-likeness (QED) is 0.137.